The summed E-state index contributed by atoms with van der Waals surface area (Å²) in [6, 6.07) is 20.8. The van der Waals surface area contributed by atoms with Gasteiger partial charge in [0.2, 0.25) is 21.8 Å². The third-order valence-electron chi connectivity index (χ3n) is 6.21. The Balaban J connectivity index is 1.87. The maximum atomic E-state index is 13.8. The zero-order chi connectivity index (χ0) is 29.3. The number of amides is 2. The number of sulfonamides is 1. The van der Waals surface area contributed by atoms with E-state index in [1.165, 1.54) is 24.3 Å². The van der Waals surface area contributed by atoms with Crippen molar-refractivity contribution in [2.75, 3.05) is 17.1 Å². The lowest BCUT2D eigenvalue weighted by Gasteiger charge is -2.32. The van der Waals surface area contributed by atoms with Gasteiger partial charge in [0.1, 0.15) is 11.9 Å². The van der Waals surface area contributed by atoms with Crippen LogP contribution in [0.2, 0.25) is 5.02 Å². The van der Waals surface area contributed by atoms with Crippen LogP contribution in [0.3, 0.4) is 0 Å². The molecule has 0 aliphatic carbocycles. The average Bonchev–Trinajstić information content (AvgIpc) is 2.89. The molecule has 214 valence electrons. The van der Waals surface area contributed by atoms with E-state index in [-0.39, 0.29) is 43.8 Å². The van der Waals surface area contributed by atoms with Crippen molar-refractivity contribution in [2.45, 2.75) is 51.7 Å². The lowest BCUT2D eigenvalue weighted by atomic mass is 10.0. The molecule has 2 amide bonds. The highest BCUT2D eigenvalue weighted by atomic mass is 35.5. The van der Waals surface area contributed by atoms with Gasteiger partial charge in [-0.2, -0.15) is 0 Å². The number of hydrogen-bond donors (Lipinski definition) is 1. The van der Waals surface area contributed by atoms with Crippen LogP contribution in [-0.2, 0) is 32.6 Å². The van der Waals surface area contributed by atoms with Crippen LogP contribution < -0.4 is 9.62 Å². The summed E-state index contributed by atoms with van der Waals surface area (Å²) in [6.07, 6.45) is 1.56. The van der Waals surface area contributed by atoms with Gasteiger partial charge in [0.05, 0.1) is 11.9 Å². The fourth-order valence-corrected chi connectivity index (χ4v) is 5.56. The predicted octanol–water partition coefficient (Wildman–Crippen LogP) is 5.19. The Kier molecular flexibility index (Phi) is 11.1. The molecule has 0 saturated carbocycles. The molecule has 7 nitrogen and oxygen atoms in total. The van der Waals surface area contributed by atoms with Crippen molar-refractivity contribution in [1.82, 2.24) is 10.2 Å². The van der Waals surface area contributed by atoms with E-state index in [9.17, 15) is 22.4 Å². The van der Waals surface area contributed by atoms with Crippen LogP contribution in [0.25, 0.3) is 0 Å². The van der Waals surface area contributed by atoms with Crippen molar-refractivity contribution >= 4 is 39.1 Å². The first-order valence-electron chi connectivity index (χ1n) is 13.1. The molecule has 3 aromatic carbocycles. The SMILES string of the molecule is CC(C)NC(=O)[C@@H](Cc1ccccc1)N(Cc1cccc(Cl)c1)C(=O)CCCN(c1ccc(F)cc1)S(C)(=O)=O. The standard InChI is InChI=1S/C30H35ClFN3O4S/c1-22(2)33-30(37)28(20-23-9-5-4-6-10-23)34(21-24-11-7-12-25(31)19-24)29(36)13-8-18-35(40(3,38)39)27-16-14-26(32)15-17-27/h4-7,9-12,14-17,19,22,28H,8,13,18,20-21H2,1-3H3,(H,33,37)/t28-/m1/s1. The number of hydrogen-bond acceptors (Lipinski definition) is 4. The summed E-state index contributed by atoms with van der Waals surface area (Å²) >= 11 is 6.21. The number of carbonyl (C=O) groups excluding carboxylic acids is 2. The molecule has 1 N–H and O–H groups in total. The third-order valence-corrected chi connectivity index (χ3v) is 7.64. The van der Waals surface area contributed by atoms with Crippen LogP contribution in [0.5, 0.6) is 0 Å². The molecular formula is C30H35ClFN3O4S. The van der Waals surface area contributed by atoms with E-state index in [1.54, 1.807) is 23.1 Å². The average molecular weight is 588 g/mol. The van der Waals surface area contributed by atoms with Crippen molar-refractivity contribution in [3.8, 4) is 0 Å². The highest BCUT2D eigenvalue weighted by Gasteiger charge is 2.31. The molecule has 0 radical (unpaired) electrons. The van der Waals surface area contributed by atoms with Gasteiger partial charge in [-0.15, -0.1) is 0 Å². The molecule has 0 fully saturated rings. The van der Waals surface area contributed by atoms with Gasteiger partial charge in [-0.05, 0) is 67.8 Å². The largest absolute Gasteiger partial charge is 0.352 e. The third kappa shape index (κ3) is 9.34. The molecule has 0 aliphatic rings. The summed E-state index contributed by atoms with van der Waals surface area (Å²) in [5.74, 6) is -1.06. The monoisotopic (exact) mass is 587 g/mol. The van der Waals surface area contributed by atoms with Crippen molar-refractivity contribution in [3.63, 3.8) is 0 Å². The summed E-state index contributed by atoms with van der Waals surface area (Å²) in [5, 5.41) is 3.45. The Labute approximate surface area is 241 Å². The molecule has 3 rings (SSSR count). The minimum atomic E-state index is -3.68. The second kappa shape index (κ2) is 14.3. The highest BCUT2D eigenvalue weighted by Crippen LogP contribution is 2.21. The maximum absolute atomic E-state index is 13.8. The van der Waals surface area contributed by atoms with E-state index in [4.69, 9.17) is 11.6 Å². The van der Waals surface area contributed by atoms with Crippen LogP contribution in [0.4, 0.5) is 10.1 Å². The van der Waals surface area contributed by atoms with Crippen LogP contribution in [0.15, 0.2) is 78.9 Å². The molecule has 1 atom stereocenters. The van der Waals surface area contributed by atoms with E-state index in [1.807, 2.05) is 50.2 Å². The van der Waals surface area contributed by atoms with Crippen LogP contribution >= 0.6 is 11.6 Å². The molecule has 0 aromatic heterocycles. The van der Waals surface area contributed by atoms with Crippen molar-refractivity contribution in [3.05, 3.63) is 101 Å². The molecule has 0 unspecified atom stereocenters. The van der Waals surface area contributed by atoms with E-state index >= 15 is 0 Å². The summed E-state index contributed by atoms with van der Waals surface area (Å²) in [5.41, 5.74) is 1.97. The Bertz CT molecular complexity index is 1390. The molecule has 0 bridgehead atoms. The smallest absolute Gasteiger partial charge is 0.243 e. The molecular weight excluding hydrogens is 553 g/mol. The predicted molar refractivity (Wildman–Crippen MR) is 157 cm³/mol. The first-order chi connectivity index (χ1) is 18.9. The number of anilines is 1. The lowest BCUT2D eigenvalue weighted by Crippen LogP contribution is -2.51. The number of carbonyl (C=O) groups is 2. The van der Waals surface area contributed by atoms with Crippen molar-refractivity contribution in [1.29, 1.82) is 0 Å². The molecule has 10 heteroatoms. The zero-order valence-corrected chi connectivity index (χ0v) is 24.5. The van der Waals surface area contributed by atoms with Gasteiger partial charge in [0.15, 0.2) is 0 Å². The minimum absolute atomic E-state index is 0.00592. The zero-order valence-electron chi connectivity index (χ0n) is 22.9. The summed E-state index contributed by atoms with van der Waals surface area (Å²) < 4.78 is 39.5. The van der Waals surface area contributed by atoms with Gasteiger partial charge in [-0.1, -0.05) is 54.1 Å². The highest BCUT2D eigenvalue weighted by molar-refractivity contribution is 7.92. The normalized spacial score (nSPS) is 12.2. The van der Waals surface area contributed by atoms with Crippen LogP contribution in [-0.4, -0.2) is 50.0 Å². The lowest BCUT2D eigenvalue weighted by molar-refractivity contribution is -0.141. The van der Waals surface area contributed by atoms with Crippen LogP contribution in [0.1, 0.15) is 37.8 Å². The number of halogens is 2. The number of benzene rings is 3. The minimum Gasteiger partial charge on any atom is -0.352 e. The number of nitrogens with zero attached hydrogens (tertiary/aromatic N) is 2. The van der Waals surface area contributed by atoms with Gasteiger partial charge >= 0.3 is 0 Å². The summed E-state index contributed by atoms with van der Waals surface area (Å²) in [7, 11) is -3.68. The van der Waals surface area contributed by atoms with Gasteiger partial charge in [0, 0.05) is 37.0 Å². The van der Waals surface area contributed by atoms with Crippen molar-refractivity contribution in [2.24, 2.45) is 0 Å². The van der Waals surface area contributed by atoms with Crippen molar-refractivity contribution < 1.29 is 22.4 Å². The maximum Gasteiger partial charge on any atom is 0.243 e. The van der Waals surface area contributed by atoms with Crippen LogP contribution in [0, 0.1) is 5.82 Å². The second-order valence-corrected chi connectivity index (χ2v) is 12.3. The van der Waals surface area contributed by atoms with E-state index in [0.29, 0.717) is 17.1 Å². The first kappa shape index (κ1) is 31.1. The van der Waals surface area contributed by atoms with Gasteiger partial charge < -0.3 is 10.2 Å². The number of rotatable bonds is 13. The molecule has 3 aromatic rings. The van der Waals surface area contributed by atoms with Gasteiger partial charge in [0.25, 0.3) is 0 Å². The molecule has 0 heterocycles. The molecule has 0 saturated heterocycles. The Morgan fingerprint density at radius 3 is 2.20 bits per heavy atom. The fraction of sp³-hybridized carbons (Fsp3) is 0.333. The fourth-order valence-electron chi connectivity index (χ4n) is 4.38. The first-order valence-corrected chi connectivity index (χ1v) is 15.3. The summed E-state index contributed by atoms with van der Waals surface area (Å²) in [4.78, 5) is 28.7. The second-order valence-electron chi connectivity index (χ2n) is 9.94. The van der Waals surface area contributed by atoms with Gasteiger partial charge in [-0.3, -0.25) is 13.9 Å². The number of nitrogens with one attached hydrogen (secondary N) is 1. The quantitative estimate of drug-likeness (QED) is 0.298. The van der Waals surface area contributed by atoms with E-state index in [2.05, 4.69) is 5.32 Å². The molecule has 0 spiro atoms. The van der Waals surface area contributed by atoms with Gasteiger partial charge in [-0.25, -0.2) is 12.8 Å². The Hall–Kier alpha value is -3.43. The molecule has 40 heavy (non-hydrogen) atoms. The topological polar surface area (TPSA) is 86.8 Å². The Morgan fingerprint density at radius 1 is 0.950 bits per heavy atom. The summed E-state index contributed by atoms with van der Waals surface area (Å²) in [6.45, 7) is 3.88. The van der Waals surface area contributed by atoms with E-state index < -0.39 is 21.9 Å². The van der Waals surface area contributed by atoms with E-state index in [0.717, 1.165) is 21.7 Å². The Morgan fingerprint density at radius 2 is 1.60 bits per heavy atom. The molecule has 0 aliphatic heterocycles.